The average molecular weight is 360 g/mol. The molecule has 0 fully saturated rings. The van der Waals surface area contributed by atoms with Crippen LogP contribution in [0.5, 0.6) is 0 Å². The smallest absolute Gasteiger partial charge is 0.463 e. The van der Waals surface area contributed by atoms with E-state index in [0.29, 0.717) is 5.56 Å². The zero-order valence-electron chi connectivity index (χ0n) is 13.8. The van der Waals surface area contributed by atoms with Gasteiger partial charge in [0.15, 0.2) is 0 Å². The minimum Gasteiger partial charge on any atom is -0.463 e. The molecule has 0 N–H and O–H groups in total. The topological polar surface area (TPSA) is 89.5 Å². The molecule has 0 unspecified atom stereocenters. The van der Waals surface area contributed by atoms with Gasteiger partial charge in [0.1, 0.15) is 5.76 Å². The lowest BCUT2D eigenvalue weighted by molar-refractivity contribution is -0.275. The van der Waals surface area contributed by atoms with Crippen molar-refractivity contribution < 1.29 is 37.7 Å². The number of phosphoric acid groups is 1. The van der Waals surface area contributed by atoms with Crippen molar-refractivity contribution in [2.75, 3.05) is 19.8 Å². The molecule has 0 aliphatic heterocycles. The molecular formula is C15H21O8P. The summed E-state index contributed by atoms with van der Waals surface area (Å²) in [4.78, 5) is 21.0. The van der Waals surface area contributed by atoms with Gasteiger partial charge in [-0.05, 0) is 20.8 Å². The Balaban J connectivity index is 3.08. The zero-order chi connectivity index (χ0) is 17.8. The Morgan fingerprint density at radius 3 is 2.08 bits per heavy atom. The highest BCUT2D eigenvalue weighted by atomic mass is 31.2. The normalized spacial score (nSPS) is 12.0. The van der Waals surface area contributed by atoms with Crippen molar-refractivity contribution in [3.05, 3.63) is 42.0 Å². The summed E-state index contributed by atoms with van der Waals surface area (Å²) in [6.07, 6.45) is 1.04. The third-order valence-electron chi connectivity index (χ3n) is 2.33. The molecule has 0 aliphatic carbocycles. The Morgan fingerprint density at radius 1 is 1.00 bits per heavy atom. The van der Waals surface area contributed by atoms with E-state index in [4.69, 9.17) is 9.26 Å². The van der Waals surface area contributed by atoms with Gasteiger partial charge in [-0.1, -0.05) is 30.3 Å². The van der Waals surface area contributed by atoms with E-state index < -0.39 is 13.8 Å². The highest BCUT2D eigenvalue weighted by Crippen LogP contribution is 2.53. The van der Waals surface area contributed by atoms with Gasteiger partial charge in [0.2, 0.25) is 0 Å². The molecule has 0 saturated heterocycles. The van der Waals surface area contributed by atoms with Crippen LogP contribution in [0.3, 0.4) is 0 Å². The summed E-state index contributed by atoms with van der Waals surface area (Å²) in [5, 5.41) is 0. The Labute approximate surface area is 140 Å². The highest BCUT2D eigenvalue weighted by molar-refractivity contribution is 7.48. The first-order valence-electron chi connectivity index (χ1n) is 7.40. The van der Waals surface area contributed by atoms with Crippen LogP contribution in [0.1, 0.15) is 26.3 Å². The van der Waals surface area contributed by atoms with Crippen LogP contribution in [0.25, 0.3) is 5.76 Å². The van der Waals surface area contributed by atoms with E-state index in [1.165, 1.54) is 0 Å². The molecule has 134 valence electrons. The number of esters is 1. The van der Waals surface area contributed by atoms with Crippen LogP contribution >= 0.6 is 7.82 Å². The van der Waals surface area contributed by atoms with Crippen molar-refractivity contribution in [3.8, 4) is 0 Å². The number of rotatable bonds is 11. The molecule has 0 aliphatic rings. The number of hydrogen-bond acceptors (Lipinski definition) is 8. The van der Waals surface area contributed by atoms with Gasteiger partial charge in [0.25, 0.3) is 0 Å². The second-order valence-electron chi connectivity index (χ2n) is 4.13. The van der Waals surface area contributed by atoms with Crippen molar-refractivity contribution in [1.82, 2.24) is 0 Å². The molecule has 0 spiro atoms. The minimum atomic E-state index is -4.27. The Morgan fingerprint density at radius 2 is 1.58 bits per heavy atom. The molecule has 0 radical (unpaired) electrons. The van der Waals surface area contributed by atoms with Gasteiger partial charge in [-0.15, -0.1) is 9.35 Å². The van der Waals surface area contributed by atoms with Crippen LogP contribution in [0.15, 0.2) is 36.4 Å². The van der Waals surface area contributed by atoms with Crippen LogP contribution in [-0.2, 0) is 37.7 Å². The highest BCUT2D eigenvalue weighted by Gasteiger charge is 2.34. The summed E-state index contributed by atoms with van der Waals surface area (Å²) in [6.45, 7) is 5.29. The Kier molecular flexibility index (Phi) is 9.29. The third kappa shape index (κ3) is 7.25. The standard InChI is InChI=1S/C15H21O8P/c1-4-18-15(16)12-14(13-10-8-7-9-11-13)21-24(17,22-19-5-2)23-20-6-3/h7-12H,4-6H2,1-3H3/b14-12-. The molecule has 0 aromatic heterocycles. The summed E-state index contributed by atoms with van der Waals surface area (Å²) in [5.74, 6) is -0.743. The molecule has 8 nitrogen and oxygen atoms in total. The van der Waals surface area contributed by atoms with E-state index in [-0.39, 0.29) is 25.6 Å². The maximum Gasteiger partial charge on any atom is 0.585 e. The first-order valence-corrected chi connectivity index (χ1v) is 8.86. The van der Waals surface area contributed by atoms with Gasteiger partial charge in [-0.3, -0.25) is 0 Å². The first kappa shape index (κ1) is 20.3. The number of carbonyl (C=O) groups excluding carboxylic acids is 1. The lowest BCUT2D eigenvalue weighted by Gasteiger charge is -2.17. The molecule has 0 amide bonds. The second-order valence-corrected chi connectivity index (χ2v) is 5.50. The second kappa shape index (κ2) is 11.0. The molecule has 0 saturated carbocycles. The van der Waals surface area contributed by atoms with Crippen LogP contribution in [0.4, 0.5) is 0 Å². The molecule has 0 bridgehead atoms. The van der Waals surface area contributed by atoms with E-state index in [1.807, 2.05) is 0 Å². The van der Waals surface area contributed by atoms with Crippen molar-refractivity contribution >= 4 is 19.6 Å². The zero-order valence-corrected chi connectivity index (χ0v) is 14.7. The van der Waals surface area contributed by atoms with E-state index in [9.17, 15) is 9.36 Å². The fourth-order valence-electron chi connectivity index (χ4n) is 1.45. The molecule has 1 aromatic carbocycles. The predicted octanol–water partition coefficient (Wildman–Crippen LogP) is 3.65. The fraction of sp³-hybridized carbons (Fsp3) is 0.400. The van der Waals surface area contributed by atoms with Gasteiger partial charge in [-0.2, -0.15) is 0 Å². The summed E-state index contributed by atoms with van der Waals surface area (Å²) in [6, 6.07) is 8.51. The van der Waals surface area contributed by atoms with E-state index in [0.717, 1.165) is 6.08 Å². The van der Waals surface area contributed by atoms with E-state index in [1.54, 1.807) is 51.1 Å². The van der Waals surface area contributed by atoms with E-state index >= 15 is 0 Å². The number of carbonyl (C=O) groups is 1. The summed E-state index contributed by atoms with van der Waals surface area (Å²) >= 11 is 0. The molecule has 0 heterocycles. The monoisotopic (exact) mass is 360 g/mol. The van der Waals surface area contributed by atoms with Gasteiger partial charge in [-0.25, -0.2) is 19.1 Å². The first-order chi connectivity index (χ1) is 11.5. The maximum absolute atomic E-state index is 12.5. The number of ether oxygens (including phenoxy) is 1. The van der Waals surface area contributed by atoms with Crippen molar-refractivity contribution in [1.29, 1.82) is 0 Å². The predicted molar refractivity (Wildman–Crippen MR) is 85.2 cm³/mol. The van der Waals surface area contributed by atoms with Gasteiger partial charge in [0, 0.05) is 5.56 Å². The summed E-state index contributed by atoms with van der Waals surface area (Å²) in [5.41, 5.74) is 0.464. The van der Waals surface area contributed by atoms with Crippen molar-refractivity contribution in [2.24, 2.45) is 0 Å². The lowest BCUT2D eigenvalue weighted by atomic mass is 10.2. The minimum absolute atomic E-state index is 0.0724. The Hall–Kier alpha value is -1.70. The lowest BCUT2D eigenvalue weighted by Crippen LogP contribution is -2.05. The number of hydrogen-bond donors (Lipinski definition) is 0. The molecule has 9 heteroatoms. The van der Waals surface area contributed by atoms with Crippen molar-refractivity contribution in [2.45, 2.75) is 20.8 Å². The van der Waals surface area contributed by atoms with Crippen LogP contribution in [0.2, 0.25) is 0 Å². The molecule has 0 atom stereocenters. The largest absolute Gasteiger partial charge is 0.585 e. The van der Waals surface area contributed by atoms with Gasteiger partial charge < -0.3 is 9.26 Å². The SMILES string of the molecule is CCOOP(=O)(OOCC)O/C(=C\C(=O)OCC)c1ccccc1. The molecular weight excluding hydrogens is 339 g/mol. The van der Waals surface area contributed by atoms with Gasteiger partial charge >= 0.3 is 13.8 Å². The molecule has 1 rings (SSSR count). The maximum atomic E-state index is 12.5. The molecule has 24 heavy (non-hydrogen) atoms. The molecule has 1 aromatic rings. The Bertz CT molecular complexity index is 560. The average Bonchev–Trinajstić information content (AvgIpc) is 2.59. The fourth-order valence-corrected chi connectivity index (χ4v) is 2.41. The quantitative estimate of drug-likeness (QED) is 0.148. The third-order valence-corrected chi connectivity index (χ3v) is 3.32. The van der Waals surface area contributed by atoms with Crippen LogP contribution in [0, 0.1) is 0 Å². The number of benzene rings is 1. The summed E-state index contributed by atoms with van der Waals surface area (Å²) < 4.78 is 32.0. The van der Waals surface area contributed by atoms with Gasteiger partial charge in [0.05, 0.1) is 25.9 Å². The summed E-state index contributed by atoms with van der Waals surface area (Å²) in [7, 11) is -4.27. The van der Waals surface area contributed by atoms with E-state index in [2.05, 4.69) is 19.1 Å². The van der Waals surface area contributed by atoms with Crippen LogP contribution in [-0.4, -0.2) is 25.8 Å². The van der Waals surface area contributed by atoms with Crippen LogP contribution < -0.4 is 0 Å². The van der Waals surface area contributed by atoms with Crippen molar-refractivity contribution in [3.63, 3.8) is 0 Å².